The van der Waals surface area contributed by atoms with Crippen molar-refractivity contribution in [2.75, 3.05) is 0 Å². The molecule has 0 radical (unpaired) electrons. The Morgan fingerprint density at radius 1 is 0.800 bits per heavy atom. The third-order valence-corrected chi connectivity index (χ3v) is 4.44. The maximum Gasteiger partial charge on any atom is 0.132 e. The van der Waals surface area contributed by atoms with Gasteiger partial charge < -0.3 is 10.1 Å². The van der Waals surface area contributed by atoms with Crippen LogP contribution in [-0.2, 0) is 0 Å². The summed E-state index contributed by atoms with van der Waals surface area (Å²) in [4.78, 5) is 0. The first-order chi connectivity index (χ1) is 9.92. The van der Waals surface area contributed by atoms with E-state index in [9.17, 15) is 0 Å². The molecule has 1 saturated carbocycles. The first-order valence-corrected chi connectivity index (χ1v) is 7.53. The fraction of sp³-hybridized carbons (Fsp3) is 0.333. The molecule has 1 aliphatic heterocycles. The standard InChI is InChI=1S/C18H19NO/c1-2-8-13(7-1)19-18-14-9-3-5-11-16(14)20-17-12-6-4-10-15(17)18/h3-6,9-13,18-19H,1-2,7-8H2. The van der Waals surface area contributed by atoms with Crippen molar-refractivity contribution in [2.45, 2.75) is 37.8 Å². The quantitative estimate of drug-likeness (QED) is 0.868. The van der Waals surface area contributed by atoms with E-state index in [4.69, 9.17) is 4.74 Å². The summed E-state index contributed by atoms with van der Waals surface area (Å²) in [5.41, 5.74) is 2.52. The maximum atomic E-state index is 6.03. The van der Waals surface area contributed by atoms with Gasteiger partial charge in [-0.25, -0.2) is 0 Å². The second kappa shape index (κ2) is 4.95. The van der Waals surface area contributed by atoms with Gasteiger partial charge in [-0.2, -0.15) is 0 Å². The molecule has 1 aliphatic carbocycles. The lowest BCUT2D eigenvalue weighted by Crippen LogP contribution is -2.33. The first-order valence-electron chi connectivity index (χ1n) is 7.53. The zero-order valence-corrected chi connectivity index (χ0v) is 11.5. The molecule has 0 saturated heterocycles. The normalized spacial score (nSPS) is 18.4. The molecular weight excluding hydrogens is 246 g/mol. The Morgan fingerprint density at radius 3 is 1.95 bits per heavy atom. The Labute approximate surface area is 119 Å². The highest BCUT2D eigenvalue weighted by Crippen LogP contribution is 2.43. The zero-order chi connectivity index (χ0) is 13.4. The number of ether oxygens (including phenoxy) is 1. The van der Waals surface area contributed by atoms with Crippen molar-refractivity contribution in [1.29, 1.82) is 0 Å². The predicted molar refractivity (Wildman–Crippen MR) is 80.2 cm³/mol. The zero-order valence-electron chi connectivity index (χ0n) is 11.5. The lowest BCUT2D eigenvalue weighted by molar-refractivity contribution is 0.404. The molecule has 1 heterocycles. The van der Waals surface area contributed by atoms with Crippen molar-refractivity contribution in [3.8, 4) is 11.5 Å². The molecule has 20 heavy (non-hydrogen) atoms. The van der Waals surface area contributed by atoms with Gasteiger partial charge in [0.15, 0.2) is 0 Å². The number of hydrogen-bond acceptors (Lipinski definition) is 2. The molecule has 1 N–H and O–H groups in total. The van der Waals surface area contributed by atoms with Crippen LogP contribution in [0.4, 0.5) is 0 Å². The van der Waals surface area contributed by atoms with Gasteiger partial charge in [0.05, 0.1) is 6.04 Å². The van der Waals surface area contributed by atoms with Gasteiger partial charge in [-0.1, -0.05) is 49.2 Å². The van der Waals surface area contributed by atoms with Crippen LogP contribution in [0.2, 0.25) is 0 Å². The van der Waals surface area contributed by atoms with E-state index in [1.165, 1.54) is 36.8 Å². The number of fused-ring (bicyclic) bond motifs is 2. The van der Waals surface area contributed by atoms with Gasteiger partial charge in [-0.3, -0.25) is 0 Å². The van der Waals surface area contributed by atoms with Crippen LogP contribution in [0.5, 0.6) is 11.5 Å². The van der Waals surface area contributed by atoms with E-state index in [2.05, 4.69) is 41.7 Å². The number of nitrogens with one attached hydrogen (secondary N) is 1. The predicted octanol–water partition coefficient (Wildman–Crippen LogP) is 4.41. The highest BCUT2D eigenvalue weighted by molar-refractivity contribution is 5.52. The summed E-state index contributed by atoms with van der Waals surface area (Å²) in [5, 5.41) is 3.85. The fourth-order valence-corrected chi connectivity index (χ4v) is 3.42. The van der Waals surface area contributed by atoms with Crippen LogP contribution in [-0.4, -0.2) is 6.04 Å². The number of para-hydroxylation sites is 2. The Bertz CT molecular complexity index is 571. The van der Waals surface area contributed by atoms with E-state index >= 15 is 0 Å². The molecule has 1 fully saturated rings. The molecule has 2 aliphatic rings. The van der Waals surface area contributed by atoms with Crippen LogP contribution >= 0.6 is 0 Å². The number of benzene rings is 2. The molecular formula is C18H19NO. The van der Waals surface area contributed by atoms with E-state index in [-0.39, 0.29) is 6.04 Å². The summed E-state index contributed by atoms with van der Waals surface area (Å²) < 4.78 is 6.03. The molecule has 0 unspecified atom stereocenters. The molecule has 0 amide bonds. The second-order valence-electron chi connectivity index (χ2n) is 5.76. The first kappa shape index (κ1) is 12.0. The highest BCUT2D eigenvalue weighted by atomic mass is 16.5. The van der Waals surface area contributed by atoms with Crippen molar-refractivity contribution in [1.82, 2.24) is 5.32 Å². The van der Waals surface area contributed by atoms with Crippen LogP contribution in [0.1, 0.15) is 42.9 Å². The molecule has 2 aromatic carbocycles. The minimum absolute atomic E-state index is 0.263. The molecule has 0 atom stereocenters. The van der Waals surface area contributed by atoms with Gasteiger partial charge in [0, 0.05) is 17.2 Å². The minimum Gasteiger partial charge on any atom is -0.457 e. The van der Waals surface area contributed by atoms with Gasteiger partial charge in [0.25, 0.3) is 0 Å². The molecule has 2 aromatic rings. The molecule has 0 aromatic heterocycles. The van der Waals surface area contributed by atoms with Gasteiger partial charge in [0.1, 0.15) is 11.5 Å². The van der Waals surface area contributed by atoms with Crippen molar-refractivity contribution >= 4 is 0 Å². The Morgan fingerprint density at radius 2 is 1.35 bits per heavy atom. The smallest absolute Gasteiger partial charge is 0.132 e. The lowest BCUT2D eigenvalue weighted by Gasteiger charge is -2.31. The average Bonchev–Trinajstić information content (AvgIpc) is 3.00. The Kier molecular flexibility index (Phi) is 2.96. The summed E-state index contributed by atoms with van der Waals surface area (Å²) in [6, 6.07) is 17.7. The number of rotatable bonds is 2. The SMILES string of the molecule is c1ccc2c(c1)Oc1ccccc1C2NC1CCCC1. The fourth-order valence-electron chi connectivity index (χ4n) is 3.42. The molecule has 2 heteroatoms. The third-order valence-electron chi connectivity index (χ3n) is 4.44. The number of hydrogen-bond donors (Lipinski definition) is 1. The molecule has 0 spiro atoms. The lowest BCUT2D eigenvalue weighted by atomic mass is 9.93. The highest BCUT2D eigenvalue weighted by Gasteiger charge is 2.29. The second-order valence-corrected chi connectivity index (χ2v) is 5.76. The third kappa shape index (κ3) is 2.01. The monoisotopic (exact) mass is 265 g/mol. The summed E-state index contributed by atoms with van der Waals surface area (Å²) >= 11 is 0. The van der Waals surface area contributed by atoms with Crippen molar-refractivity contribution in [2.24, 2.45) is 0 Å². The van der Waals surface area contributed by atoms with E-state index in [1.54, 1.807) is 0 Å². The van der Waals surface area contributed by atoms with E-state index < -0.39 is 0 Å². The van der Waals surface area contributed by atoms with Gasteiger partial charge in [-0.05, 0) is 25.0 Å². The molecule has 102 valence electrons. The summed E-state index contributed by atoms with van der Waals surface area (Å²) in [6.07, 6.45) is 5.29. The molecule has 0 bridgehead atoms. The van der Waals surface area contributed by atoms with Crippen molar-refractivity contribution in [3.63, 3.8) is 0 Å². The molecule has 4 rings (SSSR count). The van der Waals surface area contributed by atoms with Gasteiger partial charge >= 0.3 is 0 Å². The van der Waals surface area contributed by atoms with E-state index in [0.717, 1.165) is 11.5 Å². The summed E-state index contributed by atoms with van der Waals surface area (Å²) in [6.45, 7) is 0. The maximum absolute atomic E-state index is 6.03. The summed E-state index contributed by atoms with van der Waals surface area (Å²) in [5.74, 6) is 1.98. The van der Waals surface area contributed by atoms with E-state index in [1.807, 2.05) is 12.1 Å². The Hall–Kier alpha value is -1.80. The van der Waals surface area contributed by atoms with Crippen molar-refractivity contribution in [3.05, 3.63) is 59.7 Å². The molecule has 2 nitrogen and oxygen atoms in total. The van der Waals surface area contributed by atoms with Gasteiger partial charge in [-0.15, -0.1) is 0 Å². The van der Waals surface area contributed by atoms with E-state index in [0.29, 0.717) is 6.04 Å². The summed E-state index contributed by atoms with van der Waals surface area (Å²) in [7, 11) is 0. The topological polar surface area (TPSA) is 21.3 Å². The van der Waals surface area contributed by atoms with Crippen LogP contribution in [0.3, 0.4) is 0 Å². The van der Waals surface area contributed by atoms with Crippen LogP contribution in [0.25, 0.3) is 0 Å². The van der Waals surface area contributed by atoms with Gasteiger partial charge in [0.2, 0.25) is 0 Å². The largest absolute Gasteiger partial charge is 0.457 e. The van der Waals surface area contributed by atoms with Crippen LogP contribution in [0.15, 0.2) is 48.5 Å². The van der Waals surface area contributed by atoms with Crippen LogP contribution < -0.4 is 10.1 Å². The van der Waals surface area contributed by atoms with Crippen LogP contribution in [0, 0.1) is 0 Å². The minimum atomic E-state index is 0.263. The average molecular weight is 265 g/mol. The van der Waals surface area contributed by atoms with Crippen molar-refractivity contribution < 1.29 is 4.74 Å². The Balaban J connectivity index is 1.75.